The summed E-state index contributed by atoms with van der Waals surface area (Å²) in [5.41, 5.74) is -1.83. The van der Waals surface area contributed by atoms with Gasteiger partial charge in [0.05, 0.1) is 26.9 Å². The number of aromatic hydroxyl groups is 1. The molecule has 0 aliphatic rings. The number of nitro groups is 3. The van der Waals surface area contributed by atoms with Crippen molar-refractivity contribution >= 4 is 33.0 Å². The number of hydrogen-bond acceptors (Lipinski definition) is 8. The second-order valence-electron chi connectivity index (χ2n) is 4.23. The molecule has 0 atom stereocenters. The first-order chi connectivity index (χ1) is 11.1. The van der Waals surface area contributed by atoms with Crippen LogP contribution in [0.1, 0.15) is 5.56 Å². The molecule has 126 valence electrons. The summed E-state index contributed by atoms with van der Waals surface area (Å²) in [6.45, 7) is 2.01. The van der Waals surface area contributed by atoms with Gasteiger partial charge in [-0.3, -0.25) is 35.3 Å². The van der Waals surface area contributed by atoms with Gasteiger partial charge in [-0.15, -0.1) is 0 Å². The fourth-order valence-electron chi connectivity index (χ4n) is 1.43. The van der Waals surface area contributed by atoms with Gasteiger partial charge in [0.1, 0.15) is 0 Å². The van der Waals surface area contributed by atoms with E-state index in [2.05, 4.69) is 20.9 Å². The third-order valence-corrected chi connectivity index (χ3v) is 3.50. The summed E-state index contributed by atoms with van der Waals surface area (Å²) in [6, 6.07) is 2.82. The topological polar surface area (TPSA) is 163 Å². The number of hydrogen-bond donors (Lipinski definition) is 1. The lowest BCUT2D eigenvalue weighted by Crippen LogP contribution is -1.97. The van der Waals surface area contributed by atoms with Crippen LogP contribution in [0.5, 0.6) is 5.75 Å². The van der Waals surface area contributed by atoms with Gasteiger partial charge in [-0.1, -0.05) is 15.9 Å². The van der Waals surface area contributed by atoms with E-state index in [1.807, 2.05) is 19.2 Å². The van der Waals surface area contributed by atoms with E-state index >= 15 is 0 Å². The maximum atomic E-state index is 10.4. The zero-order chi connectivity index (χ0) is 18.4. The molecule has 0 bridgehead atoms. The monoisotopic (exact) mass is 400 g/mol. The van der Waals surface area contributed by atoms with E-state index < -0.39 is 37.6 Å². The third kappa shape index (κ3) is 4.67. The van der Waals surface area contributed by atoms with Crippen molar-refractivity contribution in [3.05, 3.63) is 71.0 Å². The van der Waals surface area contributed by atoms with E-state index in [4.69, 9.17) is 5.11 Å². The van der Waals surface area contributed by atoms with Crippen molar-refractivity contribution in [1.29, 1.82) is 0 Å². The highest BCUT2D eigenvalue weighted by Crippen LogP contribution is 2.38. The molecule has 0 aliphatic carbocycles. The Morgan fingerprint density at radius 1 is 1.04 bits per heavy atom. The highest BCUT2D eigenvalue weighted by Gasteiger charge is 2.30. The van der Waals surface area contributed by atoms with Crippen LogP contribution in [0.25, 0.3) is 0 Å². The van der Waals surface area contributed by atoms with Gasteiger partial charge in [-0.25, -0.2) is 0 Å². The van der Waals surface area contributed by atoms with Crippen LogP contribution < -0.4 is 0 Å². The predicted octanol–water partition coefficient (Wildman–Crippen LogP) is 3.27. The number of pyridine rings is 1. The summed E-state index contributed by atoms with van der Waals surface area (Å²) >= 11 is 3.36. The Hall–Kier alpha value is -3.15. The van der Waals surface area contributed by atoms with Crippen LogP contribution in [0, 0.1) is 37.3 Å². The summed E-state index contributed by atoms with van der Waals surface area (Å²) < 4.78 is 1.12. The van der Waals surface area contributed by atoms with Gasteiger partial charge in [0, 0.05) is 16.9 Å². The van der Waals surface area contributed by atoms with Gasteiger partial charge in [0.15, 0.2) is 0 Å². The fraction of sp³-hybridized carbons (Fsp3) is 0.0833. The van der Waals surface area contributed by atoms with Gasteiger partial charge >= 0.3 is 11.4 Å². The highest BCUT2D eigenvalue weighted by molar-refractivity contribution is 9.10. The molecule has 1 heterocycles. The fourth-order valence-corrected chi connectivity index (χ4v) is 1.65. The van der Waals surface area contributed by atoms with Crippen molar-refractivity contribution < 1.29 is 19.9 Å². The Bertz CT molecular complexity index is 756. The number of phenolic OH excluding ortho intramolecular Hbond substituents is 1. The van der Waals surface area contributed by atoms with Crippen LogP contribution in [0.3, 0.4) is 0 Å². The van der Waals surface area contributed by atoms with E-state index in [1.165, 1.54) is 5.56 Å². The molecule has 0 spiro atoms. The number of phenols is 1. The molecule has 0 amide bonds. The third-order valence-electron chi connectivity index (χ3n) is 2.61. The van der Waals surface area contributed by atoms with Gasteiger partial charge < -0.3 is 5.11 Å². The Labute approximate surface area is 142 Å². The Kier molecular flexibility index (Phi) is 6.23. The molecule has 0 fully saturated rings. The van der Waals surface area contributed by atoms with E-state index in [0.29, 0.717) is 12.1 Å². The first-order valence-corrected chi connectivity index (χ1v) is 6.80. The standard InChI is InChI=1S/C6H6BrN.C6H3N3O7/c1-5-4-8-3-2-6(5)7;10-6-4(8(13)14)1-3(7(11)12)2-5(6)9(15)16/h2-4H,1H3;1-2,10H. The van der Waals surface area contributed by atoms with Crippen molar-refractivity contribution in [3.8, 4) is 5.75 Å². The Morgan fingerprint density at radius 3 is 1.83 bits per heavy atom. The number of aryl methyl sites for hydroxylation is 1. The molecular formula is C12H9BrN4O7. The average Bonchev–Trinajstić information content (AvgIpc) is 2.50. The van der Waals surface area contributed by atoms with E-state index in [9.17, 15) is 30.3 Å². The molecule has 0 saturated carbocycles. The largest absolute Gasteiger partial charge is 0.497 e. The number of aromatic nitrogens is 1. The number of halogens is 1. The summed E-state index contributed by atoms with van der Waals surface area (Å²) in [5.74, 6) is -1.21. The zero-order valence-electron chi connectivity index (χ0n) is 12.0. The van der Waals surface area contributed by atoms with Crippen LogP contribution >= 0.6 is 15.9 Å². The number of benzene rings is 1. The van der Waals surface area contributed by atoms with Crippen LogP contribution in [0.4, 0.5) is 17.1 Å². The van der Waals surface area contributed by atoms with Crippen LogP contribution in [0.15, 0.2) is 35.1 Å². The minimum atomic E-state index is -1.21. The molecule has 11 nitrogen and oxygen atoms in total. The van der Waals surface area contributed by atoms with Gasteiger partial charge in [0.25, 0.3) is 11.4 Å². The number of nitrogens with zero attached hydrogens (tertiary/aromatic N) is 4. The Morgan fingerprint density at radius 2 is 1.54 bits per heavy atom. The van der Waals surface area contributed by atoms with Crippen LogP contribution in [0.2, 0.25) is 0 Å². The molecule has 1 aromatic carbocycles. The maximum Gasteiger partial charge on any atom is 0.324 e. The van der Waals surface area contributed by atoms with Gasteiger partial charge in [-0.2, -0.15) is 0 Å². The van der Waals surface area contributed by atoms with Gasteiger partial charge in [-0.05, 0) is 18.6 Å². The molecule has 1 aromatic heterocycles. The molecule has 1 N–H and O–H groups in total. The lowest BCUT2D eigenvalue weighted by atomic mass is 10.2. The van der Waals surface area contributed by atoms with Crippen molar-refractivity contribution in [2.45, 2.75) is 6.92 Å². The summed E-state index contributed by atoms with van der Waals surface area (Å²) in [7, 11) is 0. The molecule has 2 aromatic rings. The quantitative estimate of drug-likeness (QED) is 0.605. The van der Waals surface area contributed by atoms with Crippen molar-refractivity contribution in [2.24, 2.45) is 0 Å². The molecule has 0 aliphatic heterocycles. The molecule has 12 heteroatoms. The molecule has 0 unspecified atom stereocenters. The van der Waals surface area contributed by atoms with Crippen molar-refractivity contribution in [3.63, 3.8) is 0 Å². The molecule has 24 heavy (non-hydrogen) atoms. The zero-order valence-corrected chi connectivity index (χ0v) is 13.5. The maximum absolute atomic E-state index is 10.4. The SMILES string of the molecule is Cc1cnccc1Br.O=[N+]([O-])c1cc([N+](=O)[O-])c(O)c([N+](=O)[O-])c1. The normalized spacial score (nSPS) is 9.58. The minimum Gasteiger partial charge on any atom is -0.497 e. The smallest absolute Gasteiger partial charge is 0.324 e. The first-order valence-electron chi connectivity index (χ1n) is 6.01. The van der Waals surface area contributed by atoms with E-state index in [1.54, 1.807) is 6.20 Å². The molecule has 0 radical (unpaired) electrons. The summed E-state index contributed by atoms with van der Waals surface area (Å²) in [6.07, 6.45) is 3.58. The van der Waals surface area contributed by atoms with Crippen molar-refractivity contribution in [1.82, 2.24) is 4.98 Å². The lowest BCUT2D eigenvalue weighted by Gasteiger charge is -1.97. The van der Waals surface area contributed by atoms with E-state index in [-0.39, 0.29) is 0 Å². The highest BCUT2D eigenvalue weighted by atomic mass is 79.9. The number of nitro benzene ring substituents is 3. The second kappa shape index (κ2) is 7.92. The van der Waals surface area contributed by atoms with Crippen LogP contribution in [-0.4, -0.2) is 24.9 Å². The molecule has 0 saturated heterocycles. The number of rotatable bonds is 3. The lowest BCUT2D eigenvalue weighted by molar-refractivity contribution is -0.404. The average molecular weight is 401 g/mol. The summed E-state index contributed by atoms with van der Waals surface area (Å²) in [4.78, 5) is 31.7. The second-order valence-corrected chi connectivity index (χ2v) is 5.08. The van der Waals surface area contributed by atoms with Gasteiger partial charge in [0.2, 0.25) is 0 Å². The molecular weight excluding hydrogens is 392 g/mol. The molecule has 2 rings (SSSR count). The minimum absolute atomic E-state index is 0.447. The number of non-ortho nitro benzene ring substituents is 1. The first kappa shape index (κ1) is 18.9. The predicted molar refractivity (Wildman–Crippen MR) is 84.7 cm³/mol. The summed E-state index contributed by atoms with van der Waals surface area (Å²) in [5, 5.41) is 40.2. The van der Waals surface area contributed by atoms with Crippen molar-refractivity contribution in [2.75, 3.05) is 0 Å². The van der Waals surface area contributed by atoms with Crippen LogP contribution in [-0.2, 0) is 0 Å². The Balaban J connectivity index is 0.000000300. The van der Waals surface area contributed by atoms with E-state index in [0.717, 1.165) is 4.47 Å².